The topological polar surface area (TPSA) is 104 Å². The van der Waals surface area contributed by atoms with Crippen LogP contribution in [0, 0.1) is 5.92 Å². The molecule has 2 heterocycles. The molecular weight excluding hydrogens is 414 g/mol. The van der Waals surface area contributed by atoms with Crippen LogP contribution in [0.3, 0.4) is 0 Å². The minimum Gasteiger partial charge on any atom is -0.497 e. The van der Waals surface area contributed by atoms with Crippen LogP contribution in [0.15, 0.2) is 52.3 Å². The Morgan fingerprint density at radius 2 is 1.97 bits per heavy atom. The number of hydrogen-bond donors (Lipinski definition) is 1. The van der Waals surface area contributed by atoms with Crippen LogP contribution in [-0.4, -0.2) is 38.5 Å². The largest absolute Gasteiger partial charge is 0.497 e. The lowest BCUT2D eigenvalue weighted by molar-refractivity contribution is -0.152. The van der Waals surface area contributed by atoms with Gasteiger partial charge in [0.05, 0.1) is 27.1 Å². The molecule has 3 atom stereocenters. The van der Waals surface area contributed by atoms with Gasteiger partial charge in [-0.05, 0) is 43.7 Å². The van der Waals surface area contributed by atoms with Crippen LogP contribution in [0.25, 0.3) is 0 Å². The lowest BCUT2D eigenvalue weighted by atomic mass is 9.69. The van der Waals surface area contributed by atoms with Crippen molar-refractivity contribution in [2.24, 2.45) is 5.92 Å². The van der Waals surface area contributed by atoms with Crippen molar-refractivity contribution in [3.05, 3.63) is 59.2 Å². The number of rotatable bonds is 6. The number of hydrogen-bond acceptors (Lipinski definition) is 7. The van der Waals surface area contributed by atoms with Crippen molar-refractivity contribution < 1.29 is 33.0 Å². The maximum absolute atomic E-state index is 13.8. The van der Waals surface area contributed by atoms with E-state index in [2.05, 4.69) is 5.32 Å². The Labute approximate surface area is 185 Å². The second-order valence-corrected chi connectivity index (χ2v) is 7.73. The fourth-order valence-electron chi connectivity index (χ4n) is 4.60. The van der Waals surface area contributed by atoms with E-state index in [9.17, 15) is 14.4 Å². The SMILES string of the molecule is CCOC(=O)[C@@H]1C(=O)C2=C(C[C@@H]1c1ccco1)NC(=O)C[C@H]2c1cc(OC)ccc1OC. The molecule has 32 heavy (non-hydrogen) atoms. The molecule has 1 amide bonds. The molecule has 1 aliphatic heterocycles. The van der Waals surface area contributed by atoms with E-state index in [1.165, 1.54) is 13.4 Å². The predicted molar refractivity (Wildman–Crippen MR) is 113 cm³/mol. The highest BCUT2D eigenvalue weighted by molar-refractivity contribution is 6.12. The lowest BCUT2D eigenvalue weighted by Gasteiger charge is -2.37. The zero-order chi connectivity index (χ0) is 22.8. The van der Waals surface area contributed by atoms with Gasteiger partial charge in [-0.1, -0.05) is 0 Å². The van der Waals surface area contributed by atoms with Crippen LogP contribution in [-0.2, 0) is 19.1 Å². The number of Topliss-reactive ketones (excluding diaryl/α,β-unsaturated/α-hetero) is 1. The molecule has 0 saturated heterocycles. The van der Waals surface area contributed by atoms with E-state index in [0.717, 1.165) is 0 Å². The van der Waals surface area contributed by atoms with E-state index in [1.54, 1.807) is 44.4 Å². The average molecular weight is 439 g/mol. The minimum atomic E-state index is -1.06. The highest BCUT2D eigenvalue weighted by Gasteiger charge is 2.49. The number of methoxy groups -OCH3 is 2. The molecule has 0 radical (unpaired) electrons. The predicted octanol–water partition coefficient (Wildman–Crippen LogP) is 3.09. The molecule has 0 spiro atoms. The third-order valence-corrected chi connectivity index (χ3v) is 5.99. The third-order valence-electron chi connectivity index (χ3n) is 5.99. The number of furan rings is 1. The molecule has 0 fully saturated rings. The van der Waals surface area contributed by atoms with E-state index < -0.39 is 23.7 Å². The smallest absolute Gasteiger partial charge is 0.317 e. The molecule has 0 unspecified atom stereocenters. The summed E-state index contributed by atoms with van der Waals surface area (Å²) in [5.41, 5.74) is 1.56. The first-order valence-corrected chi connectivity index (χ1v) is 10.5. The first-order chi connectivity index (χ1) is 15.5. The van der Waals surface area contributed by atoms with Crippen molar-refractivity contribution in [1.29, 1.82) is 0 Å². The standard InChI is InChI=1S/C24H25NO7/c1-4-31-24(28)22-16(19-6-5-9-32-19)11-17-21(23(22)27)15(12-20(26)25-17)14-10-13(29-2)7-8-18(14)30-3/h5-10,15-16,22H,4,11-12H2,1-3H3,(H,25,26)/t15-,16+,22-/m0/s1. The number of ether oxygens (including phenoxy) is 3. The summed E-state index contributed by atoms with van der Waals surface area (Å²) < 4.78 is 21.6. The Morgan fingerprint density at radius 3 is 2.62 bits per heavy atom. The number of benzene rings is 1. The summed E-state index contributed by atoms with van der Waals surface area (Å²) in [4.78, 5) is 39.3. The molecule has 0 bridgehead atoms. The molecule has 2 aliphatic rings. The molecule has 8 heteroatoms. The minimum absolute atomic E-state index is 0.0507. The van der Waals surface area contributed by atoms with Gasteiger partial charge < -0.3 is 23.9 Å². The lowest BCUT2D eigenvalue weighted by Crippen LogP contribution is -2.44. The van der Waals surface area contributed by atoms with Gasteiger partial charge in [0.2, 0.25) is 5.91 Å². The summed E-state index contributed by atoms with van der Waals surface area (Å²) in [6.45, 7) is 1.85. The molecule has 168 valence electrons. The maximum atomic E-state index is 13.8. The Morgan fingerprint density at radius 1 is 1.16 bits per heavy atom. The van der Waals surface area contributed by atoms with Gasteiger partial charge in [0, 0.05) is 35.1 Å². The molecule has 1 aliphatic carbocycles. The summed E-state index contributed by atoms with van der Waals surface area (Å²) >= 11 is 0. The molecule has 1 aromatic heterocycles. The molecule has 1 aromatic carbocycles. The molecule has 1 N–H and O–H groups in total. The Hall–Kier alpha value is -3.55. The number of nitrogens with one attached hydrogen (secondary N) is 1. The van der Waals surface area contributed by atoms with Crippen LogP contribution in [0.5, 0.6) is 11.5 Å². The monoisotopic (exact) mass is 439 g/mol. The van der Waals surface area contributed by atoms with Crippen molar-refractivity contribution >= 4 is 17.7 Å². The van der Waals surface area contributed by atoms with Crippen molar-refractivity contribution in [1.82, 2.24) is 5.32 Å². The number of carbonyl (C=O) groups excluding carboxylic acids is 3. The second-order valence-electron chi connectivity index (χ2n) is 7.73. The highest BCUT2D eigenvalue weighted by Crippen LogP contribution is 2.47. The number of ketones is 1. The molecule has 0 saturated carbocycles. The number of esters is 1. The zero-order valence-electron chi connectivity index (χ0n) is 18.2. The van der Waals surface area contributed by atoms with E-state index in [1.807, 2.05) is 0 Å². The summed E-state index contributed by atoms with van der Waals surface area (Å²) in [5.74, 6) is -1.78. The number of amides is 1. The number of allylic oxidation sites excluding steroid dienone is 2. The van der Waals surface area contributed by atoms with Gasteiger partial charge >= 0.3 is 5.97 Å². The van der Waals surface area contributed by atoms with Crippen molar-refractivity contribution in [3.63, 3.8) is 0 Å². The van der Waals surface area contributed by atoms with E-state index in [0.29, 0.717) is 34.1 Å². The average Bonchev–Trinajstić information content (AvgIpc) is 3.32. The van der Waals surface area contributed by atoms with Crippen molar-refractivity contribution in [2.75, 3.05) is 20.8 Å². The van der Waals surface area contributed by atoms with Gasteiger partial charge in [-0.2, -0.15) is 0 Å². The van der Waals surface area contributed by atoms with E-state index in [4.69, 9.17) is 18.6 Å². The van der Waals surface area contributed by atoms with E-state index >= 15 is 0 Å². The van der Waals surface area contributed by atoms with Gasteiger partial charge in [0.1, 0.15) is 23.2 Å². The molecular formula is C24H25NO7. The van der Waals surface area contributed by atoms with E-state index in [-0.39, 0.29) is 31.1 Å². The normalized spacial score (nSPS) is 22.8. The number of carbonyl (C=O) groups is 3. The van der Waals surface area contributed by atoms with Crippen molar-refractivity contribution in [3.8, 4) is 11.5 Å². The zero-order valence-corrected chi connectivity index (χ0v) is 18.2. The first kappa shape index (κ1) is 21.7. The quantitative estimate of drug-likeness (QED) is 0.545. The van der Waals surface area contributed by atoms with Gasteiger partial charge in [-0.15, -0.1) is 0 Å². The fourth-order valence-corrected chi connectivity index (χ4v) is 4.60. The maximum Gasteiger partial charge on any atom is 0.317 e. The summed E-state index contributed by atoms with van der Waals surface area (Å²) in [5, 5.41) is 2.85. The van der Waals surface area contributed by atoms with Gasteiger partial charge in [-0.3, -0.25) is 14.4 Å². The Kier molecular flexibility index (Phi) is 6.03. The Bertz CT molecular complexity index is 1070. The van der Waals surface area contributed by atoms with Crippen LogP contribution in [0.4, 0.5) is 0 Å². The summed E-state index contributed by atoms with van der Waals surface area (Å²) in [6, 6.07) is 8.68. The molecule has 8 nitrogen and oxygen atoms in total. The Balaban J connectivity index is 1.85. The van der Waals surface area contributed by atoms with Crippen molar-refractivity contribution in [2.45, 2.75) is 31.6 Å². The van der Waals surface area contributed by atoms with Gasteiger partial charge in [0.15, 0.2) is 5.78 Å². The fraction of sp³-hybridized carbons (Fsp3) is 0.375. The molecule has 2 aromatic rings. The van der Waals surface area contributed by atoms with Crippen LogP contribution in [0.1, 0.15) is 42.9 Å². The van der Waals surface area contributed by atoms with Gasteiger partial charge in [-0.25, -0.2) is 0 Å². The molecule has 4 rings (SSSR count). The highest BCUT2D eigenvalue weighted by atomic mass is 16.5. The van der Waals surface area contributed by atoms with Gasteiger partial charge in [0.25, 0.3) is 0 Å². The summed E-state index contributed by atoms with van der Waals surface area (Å²) in [6.07, 6.45) is 1.82. The first-order valence-electron chi connectivity index (χ1n) is 10.5. The van der Waals surface area contributed by atoms with Crippen LogP contribution in [0.2, 0.25) is 0 Å². The second kappa shape index (κ2) is 8.90. The van der Waals surface area contributed by atoms with Crippen LogP contribution >= 0.6 is 0 Å². The van der Waals surface area contributed by atoms with Crippen LogP contribution < -0.4 is 14.8 Å². The summed E-state index contributed by atoms with van der Waals surface area (Å²) in [7, 11) is 3.07. The third kappa shape index (κ3) is 3.77.